The number of nitrogens with two attached hydrogens (primary N) is 1. The fraction of sp³-hybridized carbons (Fsp3) is 0.143. The second-order valence-corrected chi connectivity index (χ2v) is 5.01. The maximum absolute atomic E-state index is 5.63. The normalized spacial score (nSPS) is 11.1. The van der Waals surface area contributed by atoms with Gasteiger partial charge in [0.25, 0.3) is 0 Å². The summed E-state index contributed by atoms with van der Waals surface area (Å²) in [7, 11) is 0. The van der Waals surface area contributed by atoms with Gasteiger partial charge in [-0.25, -0.2) is 0 Å². The van der Waals surface area contributed by atoms with Crippen LogP contribution in [0.15, 0.2) is 41.9 Å². The third-order valence-corrected chi connectivity index (χ3v) is 3.90. The number of aromatic amines is 1. The summed E-state index contributed by atoms with van der Waals surface area (Å²) in [6.07, 6.45) is 3.00. The monoisotopic (exact) mass is 242 g/mol. The topological polar surface area (TPSA) is 41.8 Å². The molecule has 0 radical (unpaired) electrons. The van der Waals surface area contributed by atoms with Gasteiger partial charge in [0.2, 0.25) is 0 Å². The first kappa shape index (κ1) is 10.6. The van der Waals surface area contributed by atoms with Gasteiger partial charge in [-0.15, -0.1) is 11.3 Å². The number of hydrogen-bond acceptors (Lipinski definition) is 2. The Hall–Kier alpha value is -1.58. The highest BCUT2D eigenvalue weighted by Crippen LogP contribution is 2.32. The molecule has 0 spiro atoms. The van der Waals surface area contributed by atoms with Gasteiger partial charge in [-0.2, -0.15) is 0 Å². The molecule has 3 aromatic rings. The second kappa shape index (κ2) is 4.35. The van der Waals surface area contributed by atoms with Crippen LogP contribution < -0.4 is 5.73 Å². The van der Waals surface area contributed by atoms with Crippen molar-refractivity contribution in [2.45, 2.75) is 6.42 Å². The Bertz CT molecular complexity index is 623. The van der Waals surface area contributed by atoms with E-state index < -0.39 is 0 Å². The minimum atomic E-state index is 0.691. The van der Waals surface area contributed by atoms with Crippen LogP contribution in [-0.4, -0.2) is 11.5 Å². The molecular formula is C14H14N2S. The molecule has 2 heterocycles. The number of H-pyrrole nitrogens is 1. The van der Waals surface area contributed by atoms with Crippen molar-refractivity contribution in [1.29, 1.82) is 0 Å². The molecule has 0 fully saturated rings. The Kier molecular flexibility index (Phi) is 2.71. The first-order chi connectivity index (χ1) is 8.40. The lowest BCUT2D eigenvalue weighted by Gasteiger charge is -2.01. The fourth-order valence-corrected chi connectivity index (χ4v) is 2.97. The zero-order valence-electron chi connectivity index (χ0n) is 9.44. The average molecular weight is 242 g/mol. The van der Waals surface area contributed by atoms with Crippen LogP contribution in [0, 0.1) is 0 Å². The zero-order valence-corrected chi connectivity index (χ0v) is 10.3. The number of hydrogen-bond donors (Lipinski definition) is 2. The summed E-state index contributed by atoms with van der Waals surface area (Å²) in [4.78, 5) is 4.68. The van der Waals surface area contributed by atoms with Gasteiger partial charge in [0.1, 0.15) is 0 Å². The van der Waals surface area contributed by atoms with Gasteiger partial charge in [0.05, 0.1) is 5.52 Å². The molecule has 1 aromatic carbocycles. The lowest BCUT2D eigenvalue weighted by atomic mass is 10.1. The van der Waals surface area contributed by atoms with Crippen LogP contribution in [0.25, 0.3) is 21.3 Å². The quantitative estimate of drug-likeness (QED) is 0.726. The van der Waals surface area contributed by atoms with Crippen LogP contribution in [0.5, 0.6) is 0 Å². The van der Waals surface area contributed by atoms with Crippen LogP contribution in [0.3, 0.4) is 0 Å². The molecule has 86 valence electrons. The Balaban J connectivity index is 2.21. The third-order valence-electron chi connectivity index (χ3n) is 3.00. The summed E-state index contributed by atoms with van der Waals surface area (Å²) in [5, 5.41) is 3.40. The van der Waals surface area contributed by atoms with E-state index in [2.05, 4.69) is 46.9 Å². The lowest BCUT2D eigenvalue weighted by Crippen LogP contribution is -2.01. The van der Waals surface area contributed by atoms with Gasteiger partial charge < -0.3 is 10.7 Å². The van der Waals surface area contributed by atoms with Gasteiger partial charge in [0.15, 0.2) is 0 Å². The maximum Gasteiger partial charge on any atom is 0.0544 e. The van der Waals surface area contributed by atoms with E-state index in [1.807, 2.05) is 0 Å². The van der Waals surface area contributed by atoms with Gasteiger partial charge in [0, 0.05) is 22.0 Å². The molecule has 17 heavy (non-hydrogen) atoms. The summed E-state index contributed by atoms with van der Waals surface area (Å²) in [5.41, 5.74) is 9.44. The summed E-state index contributed by atoms with van der Waals surface area (Å²) in [6.45, 7) is 0.691. The molecule has 0 unspecified atom stereocenters. The first-order valence-corrected chi connectivity index (χ1v) is 6.61. The minimum absolute atomic E-state index is 0.691. The van der Waals surface area contributed by atoms with Crippen molar-refractivity contribution >= 4 is 22.2 Å². The van der Waals surface area contributed by atoms with Crippen molar-refractivity contribution in [1.82, 2.24) is 4.98 Å². The van der Waals surface area contributed by atoms with Crippen molar-refractivity contribution in [2.24, 2.45) is 5.73 Å². The van der Waals surface area contributed by atoms with E-state index in [-0.39, 0.29) is 0 Å². The highest BCUT2D eigenvalue weighted by Gasteiger charge is 2.08. The first-order valence-electron chi connectivity index (χ1n) is 5.73. The lowest BCUT2D eigenvalue weighted by molar-refractivity contribution is 0.976. The molecule has 2 nitrogen and oxygen atoms in total. The molecule has 0 saturated carbocycles. The van der Waals surface area contributed by atoms with Gasteiger partial charge in [-0.3, -0.25) is 0 Å². The van der Waals surface area contributed by atoms with Crippen molar-refractivity contribution in [3.63, 3.8) is 0 Å². The SMILES string of the molecule is NCCc1c[nH]c2c(-c3cccs3)cccc12. The van der Waals surface area contributed by atoms with Crippen molar-refractivity contribution in [3.05, 3.63) is 47.5 Å². The standard InChI is InChI=1S/C14H14N2S/c15-7-6-10-9-16-14-11(10)3-1-4-12(14)13-5-2-8-17-13/h1-5,8-9,16H,6-7,15H2. The number of nitrogens with one attached hydrogen (secondary N) is 1. The van der Waals surface area contributed by atoms with E-state index in [0.29, 0.717) is 6.54 Å². The summed E-state index contributed by atoms with van der Waals surface area (Å²) < 4.78 is 0. The van der Waals surface area contributed by atoms with E-state index in [1.165, 1.54) is 26.9 Å². The van der Waals surface area contributed by atoms with Crippen molar-refractivity contribution in [2.75, 3.05) is 6.54 Å². The molecule has 0 amide bonds. The summed E-state index contributed by atoms with van der Waals surface area (Å²) in [5.74, 6) is 0. The molecule has 0 saturated heterocycles. The molecule has 0 atom stereocenters. The van der Waals surface area contributed by atoms with E-state index in [4.69, 9.17) is 5.73 Å². The fourth-order valence-electron chi connectivity index (χ4n) is 2.21. The number of fused-ring (bicyclic) bond motifs is 1. The van der Waals surface area contributed by atoms with E-state index in [1.54, 1.807) is 11.3 Å². The Labute approximate surface area is 104 Å². The number of para-hydroxylation sites is 1. The number of thiophene rings is 1. The molecule has 0 aliphatic heterocycles. The number of benzene rings is 1. The molecule has 3 rings (SSSR count). The summed E-state index contributed by atoms with van der Waals surface area (Å²) >= 11 is 1.77. The van der Waals surface area contributed by atoms with E-state index in [9.17, 15) is 0 Å². The predicted molar refractivity (Wildman–Crippen MR) is 74.4 cm³/mol. The van der Waals surface area contributed by atoms with Crippen LogP contribution in [0.4, 0.5) is 0 Å². The highest BCUT2D eigenvalue weighted by atomic mass is 32.1. The Morgan fingerprint density at radius 1 is 1.18 bits per heavy atom. The third kappa shape index (κ3) is 1.77. The molecule has 3 heteroatoms. The largest absolute Gasteiger partial charge is 0.360 e. The van der Waals surface area contributed by atoms with E-state index in [0.717, 1.165) is 6.42 Å². The second-order valence-electron chi connectivity index (χ2n) is 4.06. The van der Waals surface area contributed by atoms with E-state index >= 15 is 0 Å². The van der Waals surface area contributed by atoms with Crippen LogP contribution in [-0.2, 0) is 6.42 Å². The van der Waals surface area contributed by atoms with Crippen molar-refractivity contribution in [3.8, 4) is 10.4 Å². The Morgan fingerprint density at radius 2 is 2.12 bits per heavy atom. The highest BCUT2D eigenvalue weighted by molar-refractivity contribution is 7.13. The minimum Gasteiger partial charge on any atom is -0.360 e. The number of aromatic nitrogens is 1. The molecule has 2 aromatic heterocycles. The molecule has 0 aliphatic rings. The van der Waals surface area contributed by atoms with Crippen LogP contribution >= 0.6 is 11.3 Å². The maximum atomic E-state index is 5.63. The Morgan fingerprint density at radius 3 is 2.88 bits per heavy atom. The van der Waals surface area contributed by atoms with Gasteiger partial charge >= 0.3 is 0 Å². The predicted octanol–water partition coefficient (Wildman–Crippen LogP) is 3.40. The van der Waals surface area contributed by atoms with Crippen LogP contribution in [0.2, 0.25) is 0 Å². The molecule has 0 aliphatic carbocycles. The van der Waals surface area contributed by atoms with Gasteiger partial charge in [-0.1, -0.05) is 24.3 Å². The zero-order chi connectivity index (χ0) is 11.7. The van der Waals surface area contributed by atoms with Crippen LogP contribution in [0.1, 0.15) is 5.56 Å². The van der Waals surface area contributed by atoms with Crippen molar-refractivity contribution < 1.29 is 0 Å². The van der Waals surface area contributed by atoms with Gasteiger partial charge in [-0.05, 0) is 30.0 Å². The molecule has 0 bridgehead atoms. The number of rotatable bonds is 3. The summed E-state index contributed by atoms with van der Waals surface area (Å²) in [6, 6.07) is 10.7. The molecule has 3 N–H and O–H groups in total. The molecular weight excluding hydrogens is 228 g/mol. The average Bonchev–Trinajstić information content (AvgIpc) is 2.98. The smallest absolute Gasteiger partial charge is 0.0544 e.